The number of nitrogens with one attached hydrogen (secondary N) is 1. The van der Waals surface area contributed by atoms with Crippen molar-refractivity contribution in [2.24, 2.45) is 0 Å². The Bertz CT molecular complexity index is 884. The minimum atomic E-state index is -0.249. The summed E-state index contributed by atoms with van der Waals surface area (Å²) in [6, 6.07) is 15.5. The van der Waals surface area contributed by atoms with Crippen molar-refractivity contribution in [1.29, 1.82) is 0 Å². The number of hydrogen-bond acceptors (Lipinski definition) is 4. The van der Waals surface area contributed by atoms with Gasteiger partial charge in [-0.2, -0.15) is 0 Å². The second-order valence-electron chi connectivity index (χ2n) is 7.41. The molecular weight excluding hydrogens is 370 g/mol. The van der Waals surface area contributed by atoms with E-state index in [1.54, 1.807) is 9.80 Å². The first-order valence-electron chi connectivity index (χ1n) is 9.83. The predicted molar refractivity (Wildman–Crippen MR) is 108 cm³/mol. The SMILES string of the molecule is Cc1ccc(CN2CCN(CC(=O)NCC3COc4ccccc4O3)C2=O)cc1. The topological polar surface area (TPSA) is 71.1 Å². The number of aryl methyl sites for hydroxylation is 1. The van der Waals surface area contributed by atoms with Crippen LogP contribution in [0.25, 0.3) is 0 Å². The van der Waals surface area contributed by atoms with E-state index in [4.69, 9.17) is 9.47 Å². The highest BCUT2D eigenvalue weighted by molar-refractivity contribution is 5.85. The molecule has 29 heavy (non-hydrogen) atoms. The van der Waals surface area contributed by atoms with Gasteiger partial charge in [-0.25, -0.2) is 4.79 Å². The van der Waals surface area contributed by atoms with Crippen molar-refractivity contribution in [1.82, 2.24) is 15.1 Å². The van der Waals surface area contributed by atoms with E-state index in [0.29, 0.717) is 44.3 Å². The third kappa shape index (κ3) is 4.62. The van der Waals surface area contributed by atoms with Gasteiger partial charge < -0.3 is 24.6 Å². The van der Waals surface area contributed by atoms with Gasteiger partial charge in [-0.1, -0.05) is 42.0 Å². The minimum Gasteiger partial charge on any atom is -0.486 e. The predicted octanol–water partition coefficient (Wildman–Crippen LogP) is 2.19. The molecule has 2 aliphatic rings. The van der Waals surface area contributed by atoms with Crippen LogP contribution in [0.4, 0.5) is 4.79 Å². The van der Waals surface area contributed by atoms with Crippen LogP contribution >= 0.6 is 0 Å². The van der Waals surface area contributed by atoms with E-state index < -0.39 is 0 Å². The van der Waals surface area contributed by atoms with Crippen LogP contribution in [0.2, 0.25) is 0 Å². The molecule has 152 valence electrons. The molecule has 7 heteroatoms. The van der Waals surface area contributed by atoms with Crippen molar-refractivity contribution in [3.63, 3.8) is 0 Å². The monoisotopic (exact) mass is 395 g/mol. The molecular formula is C22H25N3O4. The van der Waals surface area contributed by atoms with Crippen LogP contribution in [0.1, 0.15) is 11.1 Å². The zero-order valence-corrected chi connectivity index (χ0v) is 16.5. The molecule has 0 radical (unpaired) electrons. The van der Waals surface area contributed by atoms with Gasteiger partial charge in [0.25, 0.3) is 0 Å². The number of rotatable bonds is 6. The van der Waals surface area contributed by atoms with Crippen LogP contribution in [0.3, 0.4) is 0 Å². The first-order chi connectivity index (χ1) is 14.1. The molecule has 0 bridgehead atoms. The average Bonchev–Trinajstić information content (AvgIpc) is 3.07. The number of fused-ring (bicyclic) bond motifs is 1. The lowest BCUT2D eigenvalue weighted by molar-refractivity contribution is -0.122. The molecule has 0 spiro atoms. The summed E-state index contributed by atoms with van der Waals surface area (Å²) in [5, 5.41) is 2.85. The van der Waals surface area contributed by atoms with Crippen LogP contribution in [-0.4, -0.2) is 60.6 Å². The van der Waals surface area contributed by atoms with E-state index in [0.717, 1.165) is 5.56 Å². The largest absolute Gasteiger partial charge is 0.486 e. The summed E-state index contributed by atoms with van der Waals surface area (Å²) >= 11 is 0. The molecule has 0 saturated carbocycles. The Kier molecular flexibility index (Phi) is 5.55. The van der Waals surface area contributed by atoms with Crippen molar-refractivity contribution in [2.45, 2.75) is 19.6 Å². The molecule has 0 aromatic heterocycles. The average molecular weight is 395 g/mol. The first kappa shape index (κ1) is 19.1. The Balaban J connectivity index is 1.23. The summed E-state index contributed by atoms with van der Waals surface area (Å²) in [5.74, 6) is 1.20. The number of hydrogen-bond donors (Lipinski definition) is 1. The summed E-state index contributed by atoms with van der Waals surface area (Å²) in [4.78, 5) is 28.2. The van der Waals surface area contributed by atoms with Crippen LogP contribution < -0.4 is 14.8 Å². The van der Waals surface area contributed by atoms with Gasteiger partial charge >= 0.3 is 6.03 Å². The minimum absolute atomic E-state index is 0.0490. The second kappa shape index (κ2) is 8.43. The zero-order valence-electron chi connectivity index (χ0n) is 16.5. The van der Waals surface area contributed by atoms with Gasteiger partial charge in [-0.15, -0.1) is 0 Å². The van der Waals surface area contributed by atoms with Gasteiger partial charge in [0.05, 0.1) is 6.54 Å². The number of para-hydroxylation sites is 2. The van der Waals surface area contributed by atoms with Gasteiger partial charge in [-0.05, 0) is 24.6 Å². The van der Waals surface area contributed by atoms with Crippen LogP contribution in [0, 0.1) is 6.92 Å². The van der Waals surface area contributed by atoms with Crippen LogP contribution in [0.15, 0.2) is 48.5 Å². The second-order valence-corrected chi connectivity index (χ2v) is 7.41. The van der Waals surface area contributed by atoms with Crippen molar-refractivity contribution in [2.75, 3.05) is 32.8 Å². The maximum absolute atomic E-state index is 12.6. The van der Waals surface area contributed by atoms with Crippen molar-refractivity contribution in [3.8, 4) is 11.5 Å². The van der Waals surface area contributed by atoms with Crippen molar-refractivity contribution >= 4 is 11.9 Å². The molecule has 1 unspecified atom stereocenters. The maximum Gasteiger partial charge on any atom is 0.320 e. The Morgan fingerprint density at radius 2 is 1.79 bits per heavy atom. The van der Waals surface area contributed by atoms with Crippen molar-refractivity contribution < 1.29 is 19.1 Å². The van der Waals surface area contributed by atoms with Gasteiger partial charge in [-0.3, -0.25) is 4.79 Å². The molecule has 1 fully saturated rings. The molecule has 2 aliphatic heterocycles. The molecule has 1 N–H and O–H groups in total. The fourth-order valence-electron chi connectivity index (χ4n) is 3.46. The third-order valence-corrected chi connectivity index (χ3v) is 5.10. The fraction of sp³-hybridized carbons (Fsp3) is 0.364. The molecule has 0 aliphatic carbocycles. The van der Waals surface area contributed by atoms with E-state index in [1.165, 1.54) is 5.56 Å². The maximum atomic E-state index is 12.6. The molecule has 2 aromatic rings. The Morgan fingerprint density at radius 1 is 1.07 bits per heavy atom. The number of carbonyl (C=O) groups is 2. The third-order valence-electron chi connectivity index (χ3n) is 5.10. The molecule has 3 amide bonds. The number of carbonyl (C=O) groups excluding carboxylic acids is 2. The number of benzene rings is 2. The van der Waals surface area contributed by atoms with Gasteiger partial charge in [0, 0.05) is 19.6 Å². The Morgan fingerprint density at radius 3 is 2.59 bits per heavy atom. The van der Waals surface area contributed by atoms with Crippen molar-refractivity contribution in [3.05, 3.63) is 59.7 Å². The highest BCUT2D eigenvalue weighted by atomic mass is 16.6. The highest BCUT2D eigenvalue weighted by Gasteiger charge is 2.30. The summed E-state index contributed by atoms with van der Waals surface area (Å²) in [6.45, 7) is 4.53. The lowest BCUT2D eigenvalue weighted by atomic mass is 10.1. The Labute approximate surface area is 170 Å². The molecule has 2 heterocycles. The molecule has 1 atom stereocenters. The fourth-order valence-corrected chi connectivity index (χ4v) is 3.46. The normalized spacial score (nSPS) is 18.1. The van der Waals surface area contributed by atoms with Gasteiger partial charge in [0.2, 0.25) is 5.91 Å². The van der Waals surface area contributed by atoms with E-state index in [-0.39, 0.29) is 24.6 Å². The first-order valence-corrected chi connectivity index (χ1v) is 9.83. The Hall–Kier alpha value is -3.22. The van der Waals surface area contributed by atoms with E-state index in [1.807, 2.05) is 55.5 Å². The standard InChI is InChI=1S/C22H25N3O4/c1-16-6-8-17(9-7-16)13-24-10-11-25(22(24)27)14-21(26)23-12-18-15-28-19-4-2-3-5-20(19)29-18/h2-9,18H,10-15H2,1H3,(H,23,26). The number of urea groups is 1. The quantitative estimate of drug-likeness (QED) is 0.814. The molecule has 4 rings (SSSR count). The summed E-state index contributed by atoms with van der Waals surface area (Å²) in [5.41, 5.74) is 2.28. The lowest BCUT2D eigenvalue weighted by Crippen LogP contribution is -2.45. The van der Waals surface area contributed by atoms with E-state index in [2.05, 4.69) is 5.32 Å². The van der Waals surface area contributed by atoms with E-state index in [9.17, 15) is 9.59 Å². The summed E-state index contributed by atoms with van der Waals surface area (Å²) in [7, 11) is 0. The summed E-state index contributed by atoms with van der Waals surface area (Å²) < 4.78 is 11.5. The van der Waals surface area contributed by atoms with Gasteiger partial charge in [0.1, 0.15) is 19.3 Å². The van der Waals surface area contributed by atoms with E-state index >= 15 is 0 Å². The smallest absolute Gasteiger partial charge is 0.320 e. The summed E-state index contributed by atoms with van der Waals surface area (Å²) in [6.07, 6.45) is -0.249. The molecule has 2 aromatic carbocycles. The van der Waals surface area contributed by atoms with Gasteiger partial charge in [0.15, 0.2) is 11.5 Å². The highest BCUT2D eigenvalue weighted by Crippen LogP contribution is 2.30. The molecule has 7 nitrogen and oxygen atoms in total. The van der Waals surface area contributed by atoms with Crippen LogP contribution in [-0.2, 0) is 11.3 Å². The molecule has 1 saturated heterocycles. The van der Waals surface area contributed by atoms with Crippen LogP contribution in [0.5, 0.6) is 11.5 Å². The number of nitrogens with zero attached hydrogens (tertiary/aromatic N) is 2. The number of amides is 3. The number of ether oxygens (including phenoxy) is 2. The zero-order chi connectivity index (χ0) is 20.2. The lowest BCUT2D eigenvalue weighted by Gasteiger charge is -2.26.